The minimum Gasteiger partial charge on any atom is -0.348 e. The number of hydrogen-bond acceptors (Lipinski definition) is 4. The van der Waals surface area contributed by atoms with Gasteiger partial charge in [0.1, 0.15) is 10.6 Å². The van der Waals surface area contributed by atoms with Gasteiger partial charge in [-0.2, -0.15) is 0 Å². The summed E-state index contributed by atoms with van der Waals surface area (Å²) in [6.45, 7) is 0. The number of anilines is 1. The molecule has 1 aliphatic rings. The van der Waals surface area contributed by atoms with Gasteiger partial charge in [0, 0.05) is 32.0 Å². The van der Waals surface area contributed by atoms with E-state index >= 15 is 0 Å². The van der Waals surface area contributed by atoms with Gasteiger partial charge in [-0.3, -0.25) is 14.6 Å². The summed E-state index contributed by atoms with van der Waals surface area (Å²) in [5.74, 6) is -0.246. The van der Waals surface area contributed by atoms with Crippen LogP contribution in [0, 0.1) is 0 Å². The van der Waals surface area contributed by atoms with E-state index in [0.29, 0.717) is 30.5 Å². The van der Waals surface area contributed by atoms with Crippen LogP contribution in [0.3, 0.4) is 0 Å². The van der Waals surface area contributed by atoms with Crippen molar-refractivity contribution in [2.75, 3.05) is 19.0 Å². The van der Waals surface area contributed by atoms with E-state index in [1.54, 1.807) is 14.1 Å². The van der Waals surface area contributed by atoms with Crippen LogP contribution in [0.4, 0.5) is 25.4 Å². The fraction of sp³-hybridized carbons (Fsp3) is 0.353. The Labute approximate surface area is 157 Å². The summed E-state index contributed by atoms with van der Waals surface area (Å²) in [7, 11) is -6.46. The minimum absolute atomic E-state index is 0.0534. The molecule has 0 atom stereocenters. The summed E-state index contributed by atoms with van der Waals surface area (Å²) >= 11 is 0. The topological polar surface area (TPSA) is 66.1 Å². The van der Waals surface area contributed by atoms with Crippen molar-refractivity contribution >= 4 is 22.0 Å². The molecule has 1 N–H and O–H groups in total. The van der Waals surface area contributed by atoms with Gasteiger partial charge in [-0.25, -0.2) is 4.98 Å². The van der Waals surface area contributed by atoms with Gasteiger partial charge in [-0.05, 0) is 30.5 Å². The van der Waals surface area contributed by atoms with Crippen molar-refractivity contribution in [1.29, 1.82) is 0 Å². The third kappa shape index (κ3) is 4.18. The van der Waals surface area contributed by atoms with E-state index in [1.807, 2.05) is 0 Å². The van der Waals surface area contributed by atoms with Gasteiger partial charge >= 0.3 is 10.2 Å². The number of H-pyrrole nitrogens is 1. The average Bonchev–Trinajstić information content (AvgIpc) is 3.33. The molecule has 0 radical (unpaired) electrons. The molecule has 0 bridgehead atoms. The molecular weight excluding hydrogens is 405 g/mol. The van der Waals surface area contributed by atoms with E-state index in [0.717, 1.165) is 18.2 Å². The smallest absolute Gasteiger partial charge is 0.310 e. The van der Waals surface area contributed by atoms with Crippen LogP contribution in [0.5, 0.6) is 0 Å². The molecular formula is C17H18F5N3O2S. The highest BCUT2D eigenvalue weighted by Gasteiger charge is 2.65. The minimum atomic E-state index is -9.73. The molecule has 1 fully saturated rings. The predicted molar refractivity (Wildman–Crippen MR) is 96.9 cm³/mol. The van der Waals surface area contributed by atoms with Crippen molar-refractivity contribution in [3.05, 3.63) is 51.9 Å². The molecule has 5 nitrogen and oxygen atoms in total. The molecule has 1 aromatic heterocycles. The second-order valence-corrected chi connectivity index (χ2v) is 9.63. The van der Waals surface area contributed by atoms with Crippen LogP contribution < -0.4 is 10.5 Å². The van der Waals surface area contributed by atoms with Crippen molar-refractivity contribution < 1.29 is 24.2 Å². The molecule has 11 heteroatoms. The fourth-order valence-corrected chi connectivity index (χ4v) is 3.63. The first-order chi connectivity index (χ1) is 12.6. The van der Waals surface area contributed by atoms with E-state index in [4.69, 9.17) is 0 Å². The third-order valence-corrected chi connectivity index (χ3v) is 5.87. The van der Waals surface area contributed by atoms with Crippen molar-refractivity contribution in [2.24, 2.45) is 0 Å². The average molecular weight is 423 g/mol. The van der Waals surface area contributed by atoms with Crippen LogP contribution in [0.2, 0.25) is 0 Å². The van der Waals surface area contributed by atoms with Crippen LogP contribution in [0.1, 0.15) is 35.3 Å². The maximum atomic E-state index is 12.9. The van der Waals surface area contributed by atoms with Crippen molar-refractivity contribution in [1.82, 2.24) is 9.97 Å². The molecule has 0 spiro atoms. The van der Waals surface area contributed by atoms with Crippen LogP contribution in [0.25, 0.3) is 0 Å². The standard InChI is InChI=1S/C17H18F5N3O2S/c1-25(2)16-23-13(9-15(27)24-16)14(26)10-17(7-8-17)11-3-5-12(6-4-11)28(18,19,20,21)22/h3-6,9H,7-8,10H2,1-2H3,(H,23,24,27). The number of halogens is 5. The Morgan fingerprint density at radius 1 is 1.14 bits per heavy atom. The normalized spacial score (nSPS) is 18.1. The van der Waals surface area contributed by atoms with Crippen molar-refractivity contribution in [3.63, 3.8) is 0 Å². The molecule has 3 rings (SSSR count). The number of rotatable bonds is 6. The zero-order chi connectivity index (χ0) is 21.0. The Kier molecular flexibility index (Phi) is 4.03. The number of aromatic nitrogens is 2. The van der Waals surface area contributed by atoms with E-state index in [1.165, 1.54) is 4.90 Å². The van der Waals surface area contributed by atoms with Gasteiger partial charge < -0.3 is 4.90 Å². The van der Waals surface area contributed by atoms with Crippen molar-refractivity contribution in [2.45, 2.75) is 29.6 Å². The van der Waals surface area contributed by atoms with Gasteiger partial charge in [0.05, 0.1) is 0 Å². The molecule has 1 saturated carbocycles. The first kappa shape index (κ1) is 20.3. The lowest BCUT2D eigenvalue weighted by Gasteiger charge is -2.40. The Bertz CT molecular complexity index is 997. The van der Waals surface area contributed by atoms with Crippen molar-refractivity contribution in [3.8, 4) is 0 Å². The maximum absolute atomic E-state index is 12.9. The number of carbonyl (C=O) groups is 1. The number of aromatic amines is 1. The lowest BCUT2D eigenvalue weighted by molar-refractivity contribution is 0.0964. The summed E-state index contributed by atoms with van der Waals surface area (Å²) in [6.07, 6.45) is 0.975. The Morgan fingerprint density at radius 2 is 1.71 bits per heavy atom. The molecule has 154 valence electrons. The van der Waals surface area contributed by atoms with Gasteiger partial charge in [-0.15, -0.1) is 0 Å². The van der Waals surface area contributed by atoms with E-state index < -0.39 is 31.9 Å². The van der Waals surface area contributed by atoms with E-state index in [9.17, 15) is 29.0 Å². The van der Waals surface area contributed by atoms with Crippen LogP contribution >= 0.6 is 10.2 Å². The number of Topliss-reactive ketones (excluding diaryl/α,β-unsaturated/α-hetero) is 1. The summed E-state index contributed by atoms with van der Waals surface area (Å²) in [5.41, 5.74) is -0.908. The Balaban J connectivity index is 1.86. The quantitative estimate of drug-likeness (QED) is 0.536. The van der Waals surface area contributed by atoms with Gasteiger partial charge in [-0.1, -0.05) is 31.6 Å². The first-order valence-electron chi connectivity index (χ1n) is 8.26. The highest BCUT2D eigenvalue weighted by molar-refractivity contribution is 8.45. The number of nitrogens with one attached hydrogen (secondary N) is 1. The summed E-state index contributed by atoms with van der Waals surface area (Å²) < 4.78 is 64.3. The zero-order valence-corrected chi connectivity index (χ0v) is 15.8. The lowest BCUT2D eigenvalue weighted by atomic mass is 9.90. The second-order valence-electron chi connectivity index (χ2n) is 7.22. The lowest BCUT2D eigenvalue weighted by Crippen LogP contribution is -2.22. The maximum Gasteiger partial charge on any atom is 0.310 e. The second kappa shape index (κ2) is 5.56. The Hall–Kier alpha value is -2.43. The highest BCUT2D eigenvalue weighted by Crippen LogP contribution is 3.02. The SMILES string of the molecule is CN(C)c1nc(C(=O)CC2(c3ccc(S(F)(F)(F)(F)F)cc3)CC2)cc(=O)[nH]1. The summed E-state index contributed by atoms with van der Waals surface area (Å²) in [4.78, 5) is 30.4. The van der Waals surface area contributed by atoms with Gasteiger partial charge in [0.25, 0.3) is 5.56 Å². The molecule has 0 unspecified atom stereocenters. The number of ketones is 1. The molecule has 28 heavy (non-hydrogen) atoms. The monoisotopic (exact) mass is 423 g/mol. The van der Waals surface area contributed by atoms with Crippen LogP contribution in [0.15, 0.2) is 40.0 Å². The zero-order valence-electron chi connectivity index (χ0n) is 15.0. The number of carbonyl (C=O) groups excluding carboxylic acids is 1. The number of nitrogens with zero attached hydrogens (tertiary/aromatic N) is 2. The summed E-state index contributed by atoms with van der Waals surface area (Å²) in [6, 6.07) is 3.75. The largest absolute Gasteiger partial charge is 0.348 e. The van der Waals surface area contributed by atoms with Crippen LogP contribution in [-0.2, 0) is 5.41 Å². The predicted octanol–water partition coefficient (Wildman–Crippen LogP) is 4.80. The molecule has 1 aliphatic carbocycles. The van der Waals surface area contributed by atoms with E-state index in [-0.39, 0.29) is 18.1 Å². The summed E-state index contributed by atoms with van der Waals surface area (Å²) in [5, 5.41) is 0. The molecule has 0 aliphatic heterocycles. The first-order valence-corrected chi connectivity index (χ1v) is 10.2. The van der Waals surface area contributed by atoms with Gasteiger partial charge in [0.2, 0.25) is 5.95 Å². The third-order valence-electron chi connectivity index (χ3n) is 4.70. The highest BCUT2D eigenvalue weighted by atomic mass is 32.5. The molecule has 0 amide bonds. The fourth-order valence-electron chi connectivity index (χ4n) is 2.98. The number of hydrogen-bond donors (Lipinski definition) is 1. The van der Waals surface area contributed by atoms with Gasteiger partial charge in [0.15, 0.2) is 5.78 Å². The Morgan fingerprint density at radius 3 is 2.18 bits per heavy atom. The molecule has 1 aromatic carbocycles. The molecule has 0 saturated heterocycles. The van der Waals surface area contributed by atoms with E-state index in [2.05, 4.69) is 9.97 Å². The number of benzene rings is 1. The molecule has 1 heterocycles. The molecule has 2 aromatic rings. The van der Waals surface area contributed by atoms with Crippen LogP contribution in [-0.4, -0.2) is 29.8 Å².